The molecule has 0 radical (unpaired) electrons. The van der Waals surface area contributed by atoms with Crippen LogP contribution in [0.2, 0.25) is 0 Å². The normalized spacial score (nSPS) is 11.8. The molecular formula is C18H21N3O3S. The average Bonchev–Trinajstić information content (AvgIpc) is 2.54. The van der Waals surface area contributed by atoms with Crippen molar-refractivity contribution in [3.8, 4) is 0 Å². The maximum Gasteiger partial charge on any atom is 0.251 e. The van der Waals surface area contributed by atoms with Gasteiger partial charge in [0.15, 0.2) is 10.9 Å². The number of rotatable bonds is 7. The van der Waals surface area contributed by atoms with Crippen LogP contribution in [0.3, 0.4) is 0 Å². The molecule has 1 aromatic heterocycles. The van der Waals surface area contributed by atoms with Gasteiger partial charge in [0.2, 0.25) is 5.91 Å². The first-order valence-electron chi connectivity index (χ1n) is 8.07. The van der Waals surface area contributed by atoms with Crippen LogP contribution in [0.15, 0.2) is 40.3 Å². The maximum absolute atomic E-state index is 12.6. The Kier molecular flexibility index (Phi) is 6.52. The second-order valence-corrected chi connectivity index (χ2v) is 7.00. The lowest BCUT2D eigenvalue weighted by Crippen LogP contribution is -2.16. The maximum atomic E-state index is 12.6. The van der Waals surface area contributed by atoms with E-state index in [2.05, 4.69) is 15.3 Å². The van der Waals surface area contributed by atoms with E-state index < -0.39 is 5.25 Å². The lowest BCUT2D eigenvalue weighted by molar-refractivity contribution is -0.114. The second kappa shape index (κ2) is 8.62. The highest BCUT2D eigenvalue weighted by molar-refractivity contribution is 8.00. The van der Waals surface area contributed by atoms with E-state index in [9.17, 15) is 14.4 Å². The SMILES string of the molecule is CCCc1cc(=O)[nH]c(SC(C)C(=O)c2ccc(NC(C)=O)cc2)n1. The first-order chi connectivity index (χ1) is 11.9. The van der Waals surface area contributed by atoms with Crippen molar-refractivity contribution in [2.75, 3.05) is 5.32 Å². The first kappa shape index (κ1) is 18.9. The summed E-state index contributed by atoms with van der Waals surface area (Å²) in [7, 11) is 0. The van der Waals surface area contributed by atoms with Crippen molar-refractivity contribution < 1.29 is 9.59 Å². The number of nitrogens with zero attached hydrogens (tertiary/aromatic N) is 1. The fraction of sp³-hybridized carbons (Fsp3) is 0.333. The Hall–Kier alpha value is -2.41. The van der Waals surface area contributed by atoms with Crippen molar-refractivity contribution in [1.29, 1.82) is 0 Å². The minimum Gasteiger partial charge on any atom is -0.326 e. The average molecular weight is 359 g/mol. The van der Waals surface area contributed by atoms with E-state index in [1.54, 1.807) is 31.2 Å². The van der Waals surface area contributed by atoms with E-state index in [0.29, 0.717) is 16.4 Å². The number of carbonyl (C=O) groups is 2. The summed E-state index contributed by atoms with van der Waals surface area (Å²) in [5.41, 5.74) is 1.71. The molecule has 0 fully saturated rings. The van der Waals surface area contributed by atoms with E-state index >= 15 is 0 Å². The molecule has 6 nitrogen and oxygen atoms in total. The van der Waals surface area contributed by atoms with Crippen molar-refractivity contribution in [2.45, 2.75) is 44.0 Å². The standard InChI is InChI=1S/C18H21N3O3S/c1-4-5-15-10-16(23)21-18(20-15)25-11(2)17(24)13-6-8-14(9-7-13)19-12(3)22/h6-11H,4-5H2,1-3H3,(H,19,22)(H,20,21,23). The van der Waals surface area contributed by atoms with Gasteiger partial charge in [0, 0.05) is 29.9 Å². The minimum absolute atomic E-state index is 0.0667. The number of carbonyl (C=O) groups excluding carboxylic acids is 2. The van der Waals surface area contributed by atoms with Crippen LogP contribution in [0.4, 0.5) is 5.69 Å². The number of thioether (sulfide) groups is 1. The number of hydrogen-bond acceptors (Lipinski definition) is 5. The molecule has 0 bridgehead atoms. The summed E-state index contributed by atoms with van der Waals surface area (Å²) in [4.78, 5) is 42.3. The molecule has 1 aromatic carbocycles. The predicted octanol–water partition coefficient (Wildman–Crippen LogP) is 3.04. The van der Waals surface area contributed by atoms with Crippen molar-refractivity contribution in [1.82, 2.24) is 9.97 Å². The van der Waals surface area contributed by atoms with Gasteiger partial charge in [-0.2, -0.15) is 0 Å². The number of ketones is 1. The number of nitrogens with one attached hydrogen (secondary N) is 2. The molecule has 0 saturated carbocycles. The number of Topliss-reactive ketones (excluding diaryl/α,β-unsaturated/α-hetero) is 1. The zero-order valence-electron chi connectivity index (χ0n) is 14.5. The molecular weight excluding hydrogens is 338 g/mol. The summed E-state index contributed by atoms with van der Waals surface area (Å²) in [6.07, 6.45) is 1.63. The molecule has 1 heterocycles. The summed E-state index contributed by atoms with van der Waals surface area (Å²) in [6, 6.07) is 8.21. The number of aromatic amines is 1. The molecule has 1 amide bonds. The van der Waals surface area contributed by atoms with E-state index in [1.165, 1.54) is 24.8 Å². The molecule has 0 aliphatic carbocycles. The third kappa shape index (κ3) is 5.56. The van der Waals surface area contributed by atoms with Crippen LogP contribution in [0.1, 0.15) is 43.2 Å². The highest BCUT2D eigenvalue weighted by atomic mass is 32.2. The third-order valence-corrected chi connectivity index (χ3v) is 4.41. The monoisotopic (exact) mass is 359 g/mol. The summed E-state index contributed by atoms with van der Waals surface area (Å²) in [6.45, 7) is 5.23. The molecule has 132 valence electrons. The summed E-state index contributed by atoms with van der Waals surface area (Å²) >= 11 is 1.23. The van der Waals surface area contributed by atoms with Crippen LogP contribution in [0, 0.1) is 0 Å². The van der Waals surface area contributed by atoms with Crippen molar-refractivity contribution >= 4 is 29.1 Å². The molecule has 7 heteroatoms. The molecule has 0 spiro atoms. The number of aromatic nitrogens is 2. The molecule has 0 aliphatic rings. The number of aryl methyl sites for hydroxylation is 1. The Bertz CT molecular complexity index is 815. The highest BCUT2D eigenvalue weighted by Crippen LogP contribution is 2.23. The van der Waals surface area contributed by atoms with E-state index in [4.69, 9.17) is 0 Å². The lowest BCUT2D eigenvalue weighted by atomic mass is 10.1. The molecule has 2 aromatic rings. The lowest BCUT2D eigenvalue weighted by Gasteiger charge is -2.11. The Morgan fingerprint density at radius 2 is 1.96 bits per heavy atom. The van der Waals surface area contributed by atoms with Gasteiger partial charge in [-0.1, -0.05) is 25.1 Å². The van der Waals surface area contributed by atoms with Gasteiger partial charge in [-0.05, 0) is 37.6 Å². The van der Waals surface area contributed by atoms with E-state index in [0.717, 1.165) is 18.5 Å². The number of benzene rings is 1. The number of hydrogen-bond donors (Lipinski definition) is 2. The Morgan fingerprint density at radius 3 is 2.56 bits per heavy atom. The Morgan fingerprint density at radius 1 is 1.28 bits per heavy atom. The van der Waals surface area contributed by atoms with E-state index in [1.807, 2.05) is 6.92 Å². The quantitative estimate of drug-likeness (QED) is 0.450. The van der Waals surface area contributed by atoms with Gasteiger partial charge >= 0.3 is 0 Å². The Balaban J connectivity index is 2.09. The van der Waals surface area contributed by atoms with Crippen LogP contribution < -0.4 is 10.9 Å². The van der Waals surface area contributed by atoms with Gasteiger partial charge in [-0.3, -0.25) is 14.4 Å². The zero-order chi connectivity index (χ0) is 18.4. The summed E-state index contributed by atoms with van der Waals surface area (Å²) in [5, 5.41) is 2.71. The van der Waals surface area contributed by atoms with Gasteiger partial charge in [0.1, 0.15) is 0 Å². The van der Waals surface area contributed by atoms with Crippen LogP contribution >= 0.6 is 11.8 Å². The number of amides is 1. The molecule has 0 saturated heterocycles. The fourth-order valence-corrected chi connectivity index (χ4v) is 3.21. The minimum atomic E-state index is -0.397. The fourth-order valence-electron chi connectivity index (χ4n) is 2.30. The topological polar surface area (TPSA) is 91.9 Å². The smallest absolute Gasteiger partial charge is 0.251 e. The zero-order valence-corrected chi connectivity index (χ0v) is 15.3. The predicted molar refractivity (Wildman–Crippen MR) is 99.2 cm³/mol. The molecule has 0 aliphatic heterocycles. The van der Waals surface area contributed by atoms with E-state index in [-0.39, 0.29) is 17.2 Å². The van der Waals surface area contributed by atoms with Crippen LogP contribution in [-0.2, 0) is 11.2 Å². The summed E-state index contributed by atoms with van der Waals surface area (Å²) in [5.74, 6) is -0.229. The van der Waals surface area contributed by atoms with Crippen LogP contribution in [0.5, 0.6) is 0 Å². The van der Waals surface area contributed by atoms with Crippen LogP contribution in [0.25, 0.3) is 0 Å². The van der Waals surface area contributed by atoms with Gasteiger partial charge in [-0.25, -0.2) is 4.98 Å². The molecule has 2 rings (SSSR count). The molecule has 1 unspecified atom stereocenters. The van der Waals surface area contributed by atoms with Crippen LogP contribution in [-0.4, -0.2) is 26.9 Å². The Labute approximate surface area is 150 Å². The van der Waals surface area contributed by atoms with Gasteiger partial charge in [0.05, 0.1) is 5.25 Å². The van der Waals surface area contributed by atoms with Gasteiger partial charge in [-0.15, -0.1) is 0 Å². The molecule has 2 N–H and O–H groups in total. The largest absolute Gasteiger partial charge is 0.326 e. The molecule has 1 atom stereocenters. The second-order valence-electron chi connectivity index (χ2n) is 5.67. The first-order valence-corrected chi connectivity index (χ1v) is 8.95. The number of anilines is 1. The van der Waals surface area contributed by atoms with Crippen molar-refractivity contribution in [3.63, 3.8) is 0 Å². The van der Waals surface area contributed by atoms with Crippen molar-refractivity contribution in [3.05, 3.63) is 51.9 Å². The summed E-state index contributed by atoms with van der Waals surface area (Å²) < 4.78 is 0. The third-order valence-electron chi connectivity index (χ3n) is 3.43. The van der Waals surface area contributed by atoms with Gasteiger partial charge < -0.3 is 10.3 Å². The van der Waals surface area contributed by atoms with Crippen molar-refractivity contribution in [2.24, 2.45) is 0 Å². The highest BCUT2D eigenvalue weighted by Gasteiger charge is 2.18. The molecule has 25 heavy (non-hydrogen) atoms. The van der Waals surface area contributed by atoms with Gasteiger partial charge in [0.25, 0.3) is 5.56 Å². The number of H-pyrrole nitrogens is 1.